The van der Waals surface area contributed by atoms with Gasteiger partial charge in [0.1, 0.15) is 5.75 Å². The number of ether oxygens (including phenoxy) is 1. The van der Waals surface area contributed by atoms with E-state index in [4.69, 9.17) is 4.74 Å². The molecule has 3 aromatic carbocycles. The molecule has 0 fully saturated rings. The molecular weight excluding hydrogens is 398 g/mol. The van der Waals surface area contributed by atoms with Crippen molar-refractivity contribution >= 4 is 15.9 Å². The van der Waals surface area contributed by atoms with Crippen LogP contribution in [0.15, 0.2) is 83.3 Å². The minimum absolute atomic E-state index is 0.277. The van der Waals surface area contributed by atoms with Crippen molar-refractivity contribution < 1.29 is 4.74 Å². The van der Waals surface area contributed by atoms with E-state index in [0.29, 0.717) is 5.92 Å². The molecule has 140 valence electrons. The van der Waals surface area contributed by atoms with Crippen molar-refractivity contribution in [3.05, 3.63) is 100 Å². The lowest BCUT2D eigenvalue weighted by Gasteiger charge is -2.21. The zero-order valence-corrected chi connectivity index (χ0v) is 17.4. The summed E-state index contributed by atoms with van der Waals surface area (Å²) in [5.74, 6) is 1.26. The minimum Gasteiger partial charge on any atom is -0.496 e. The second kappa shape index (κ2) is 9.72. The van der Waals surface area contributed by atoms with Crippen molar-refractivity contribution in [3.63, 3.8) is 0 Å². The van der Waals surface area contributed by atoms with E-state index >= 15 is 0 Å². The highest BCUT2D eigenvalue weighted by Crippen LogP contribution is 2.29. The smallest absolute Gasteiger partial charge is 0.133 e. The Labute approximate surface area is 170 Å². The Morgan fingerprint density at radius 2 is 1.44 bits per heavy atom. The van der Waals surface area contributed by atoms with Gasteiger partial charge in [-0.15, -0.1) is 0 Å². The van der Waals surface area contributed by atoms with Crippen molar-refractivity contribution in [3.8, 4) is 5.75 Å². The third kappa shape index (κ3) is 5.21. The normalized spacial score (nSPS) is 12.1. The van der Waals surface area contributed by atoms with Gasteiger partial charge >= 0.3 is 0 Å². The molecule has 0 aliphatic rings. The lowest BCUT2D eigenvalue weighted by Crippen LogP contribution is -2.22. The van der Waals surface area contributed by atoms with Crippen molar-refractivity contribution in [1.29, 1.82) is 0 Å². The van der Waals surface area contributed by atoms with E-state index in [1.807, 2.05) is 6.07 Å². The van der Waals surface area contributed by atoms with Crippen molar-refractivity contribution in [2.24, 2.45) is 0 Å². The van der Waals surface area contributed by atoms with Crippen LogP contribution in [0.1, 0.15) is 42.0 Å². The molecule has 3 aromatic rings. The van der Waals surface area contributed by atoms with Crippen molar-refractivity contribution in [1.82, 2.24) is 5.32 Å². The molecule has 1 atom stereocenters. The maximum Gasteiger partial charge on any atom is 0.133 e. The van der Waals surface area contributed by atoms with Crippen LogP contribution < -0.4 is 10.1 Å². The number of halogens is 1. The summed E-state index contributed by atoms with van der Waals surface area (Å²) in [6, 6.07) is 28.1. The van der Waals surface area contributed by atoms with Gasteiger partial charge in [-0.1, -0.05) is 66.7 Å². The zero-order chi connectivity index (χ0) is 19.1. The molecule has 3 heteroatoms. The second-order valence-electron chi connectivity index (χ2n) is 6.73. The summed E-state index contributed by atoms with van der Waals surface area (Å²) in [7, 11) is 1.69. The number of nitrogens with one attached hydrogen (secondary N) is 1. The van der Waals surface area contributed by atoms with Gasteiger partial charge in [-0.25, -0.2) is 0 Å². The highest BCUT2D eigenvalue weighted by molar-refractivity contribution is 9.10. The van der Waals surface area contributed by atoms with E-state index in [1.54, 1.807) is 7.11 Å². The molecule has 3 rings (SSSR count). The lowest BCUT2D eigenvalue weighted by atomic mass is 9.88. The summed E-state index contributed by atoms with van der Waals surface area (Å²) in [5, 5.41) is 3.67. The largest absolute Gasteiger partial charge is 0.496 e. The second-order valence-corrected chi connectivity index (χ2v) is 7.59. The minimum atomic E-state index is 0.277. The van der Waals surface area contributed by atoms with E-state index in [-0.39, 0.29) is 6.04 Å². The van der Waals surface area contributed by atoms with Crippen LogP contribution in [-0.4, -0.2) is 13.7 Å². The standard InChI is InChI=1S/C24H26BrNO/c1-18(21-13-14-24(27-2)23(25)17-21)26-16-15-22(19-9-5-3-6-10-19)20-11-7-4-8-12-20/h3-14,17-18,22,26H,15-16H2,1-2H3. The Balaban J connectivity index is 1.66. The van der Waals surface area contributed by atoms with Crippen LogP contribution in [0.2, 0.25) is 0 Å². The van der Waals surface area contributed by atoms with E-state index in [9.17, 15) is 0 Å². The van der Waals surface area contributed by atoms with Crippen LogP contribution in [0.25, 0.3) is 0 Å². The number of rotatable bonds is 8. The van der Waals surface area contributed by atoms with Crippen molar-refractivity contribution in [2.75, 3.05) is 13.7 Å². The summed E-state index contributed by atoms with van der Waals surface area (Å²) in [6.45, 7) is 3.15. The SMILES string of the molecule is COc1ccc(C(C)NCCC(c2ccccc2)c2ccccc2)cc1Br. The summed E-state index contributed by atoms with van der Waals surface area (Å²) in [4.78, 5) is 0. The van der Waals surface area contributed by atoms with Crippen molar-refractivity contribution in [2.45, 2.75) is 25.3 Å². The van der Waals surface area contributed by atoms with E-state index in [2.05, 4.69) is 101 Å². The molecule has 0 spiro atoms. The molecule has 0 saturated heterocycles. The highest BCUT2D eigenvalue weighted by atomic mass is 79.9. The first kappa shape index (κ1) is 19.7. The van der Waals surface area contributed by atoms with Gasteiger partial charge in [-0.05, 0) is 64.6 Å². The molecule has 27 heavy (non-hydrogen) atoms. The van der Waals surface area contributed by atoms with Crippen LogP contribution in [0.3, 0.4) is 0 Å². The third-order valence-corrected chi connectivity index (χ3v) is 5.58. The molecule has 0 aliphatic carbocycles. The molecule has 0 amide bonds. The first-order valence-corrected chi connectivity index (χ1v) is 10.1. The molecular formula is C24H26BrNO. The number of hydrogen-bond acceptors (Lipinski definition) is 2. The predicted molar refractivity (Wildman–Crippen MR) is 116 cm³/mol. The fourth-order valence-electron chi connectivity index (χ4n) is 3.41. The Bertz CT molecular complexity index is 796. The highest BCUT2D eigenvalue weighted by Gasteiger charge is 2.14. The first-order valence-electron chi connectivity index (χ1n) is 9.35. The summed E-state index contributed by atoms with van der Waals surface area (Å²) in [5.41, 5.74) is 3.98. The number of benzene rings is 3. The van der Waals surface area contributed by atoms with Crippen LogP contribution in [0.4, 0.5) is 0 Å². The first-order chi connectivity index (χ1) is 13.2. The average molecular weight is 424 g/mol. The van der Waals surface area contributed by atoms with Gasteiger partial charge in [0.2, 0.25) is 0 Å². The van der Waals surface area contributed by atoms with Crippen LogP contribution in [0.5, 0.6) is 5.75 Å². The molecule has 0 saturated carbocycles. The molecule has 1 unspecified atom stereocenters. The Hall–Kier alpha value is -2.10. The monoisotopic (exact) mass is 423 g/mol. The Morgan fingerprint density at radius 3 is 1.96 bits per heavy atom. The number of methoxy groups -OCH3 is 1. The van der Waals surface area contributed by atoms with Gasteiger partial charge in [0, 0.05) is 12.0 Å². The summed E-state index contributed by atoms with van der Waals surface area (Å²) < 4.78 is 6.31. The molecule has 0 aromatic heterocycles. The van der Waals surface area contributed by atoms with E-state index in [1.165, 1.54) is 16.7 Å². The van der Waals surface area contributed by atoms with E-state index in [0.717, 1.165) is 23.2 Å². The zero-order valence-electron chi connectivity index (χ0n) is 15.9. The Kier molecular flexibility index (Phi) is 7.08. The van der Waals surface area contributed by atoms with Crippen LogP contribution in [0, 0.1) is 0 Å². The van der Waals surface area contributed by atoms with Gasteiger partial charge in [0.05, 0.1) is 11.6 Å². The molecule has 0 bridgehead atoms. The fourth-order valence-corrected chi connectivity index (χ4v) is 3.97. The summed E-state index contributed by atoms with van der Waals surface area (Å²) in [6.07, 6.45) is 1.05. The van der Waals surface area contributed by atoms with Gasteiger partial charge in [-0.3, -0.25) is 0 Å². The van der Waals surface area contributed by atoms with Gasteiger partial charge < -0.3 is 10.1 Å². The molecule has 0 heterocycles. The maximum absolute atomic E-state index is 5.32. The molecule has 1 N–H and O–H groups in total. The van der Waals surface area contributed by atoms with E-state index < -0.39 is 0 Å². The molecule has 0 aliphatic heterocycles. The van der Waals surface area contributed by atoms with Gasteiger partial charge in [0.25, 0.3) is 0 Å². The maximum atomic E-state index is 5.32. The predicted octanol–water partition coefficient (Wildman–Crippen LogP) is 6.33. The van der Waals surface area contributed by atoms with Gasteiger partial charge in [0.15, 0.2) is 0 Å². The van der Waals surface area contributed by atoms with Gasteiger partial charge in [-0.2, -0.15) is 0 Å². The topological polar surface area (TPSA) is 21.3 Å². The third-order valence-electron chi connectivity index (χ3n) is 4.96. The quantitative estimate of drug-likeness (QED) is 0.456. The Morgan fingerprint density at radius 1 is 0.852 bits per heavy atom. The van der Waals surface area contributed by atoms with Crippen LogP contribution >= 0.6 is 15.9 Å². The average Bonchev–Trinajstić information content (AvgIpc) is 2.72. The fraction of sp³-hybridized carbons (Fsp3) is 0.250. The molecule has 0 radical (unpaired) electrons. The summed E-state index contributed by atoms with van der Waals surface area (Å²) >= 11 is 3.58. The van der Waals surface area contributed by atoms with Crippen LogP contribution in [-0.2, 0) is 0 Å². The molecule has 2 nitrogen and oxygen atoms in total. The lowest BCUT2D eigenvalue weighted by molar-refractivity contribution is 0.411. The number of hydrogen-bond donors (Lipinski definition) is 1.